The number of sulfonamides is 1. The first-order valence-corrected chi connectivity index (χ1v) is 15.9. The third kappa shape index (κ3) is 8.39. The van der Waals surface area contributed by atoms with Gasteiger partial charge in [-0.15, -0.1) is 0 Å². The number of pyridine rings is 2. The van der Waals surface area contributed by atoms with E-state index in [1.165, 1.54) is 6.07 Å². The maximum atomic E-state index is 13.0. The summed E-state index contributed by atoms with van der Waals surface area (Å²) in [5.74, 6) is 0.905. The van der Waals surface area contributed by atoms with Gasteiger partial charge in [0.1, 0.15) is 22.4 Å². The van der Waals surface area contributed by atoms with E-state index < -0.39 is 33.5 Å². The van der Waals surface area contributed by atoms with Crippen LogP contribution in [0.3, 0.4) is 0 Å². The van der Waals surface area contributed by atoms with Crippen LogP contribution in [-0.2, 0) is 25.7 Å². The average Bonchev–Trinajstić information content (AvgIpc) is 2.97. The van der Waals surface area contributed by atoms with Gasteiger partial charge in [0.05, 0.1) is 29.7 Å². The van der Waals surface area contributed by atoms with Crippen LogP contribution in [0, 0.1) is 0 Å². The summed E-state index contributed by atoms with van der Waals surface area (Å²) in [4.78, 5) is 30.7. The first-order valence-electron chi connectivity index (χ1n) is 14.4. The summed E-state index contributed by atoms with van der Waals surface area (Å²) in [5.41, 5.74) is -1.37. The van der Waals surface area contributed by atoms with Crippen molar-refractivity contribution < 1.29 is 40.6 Å². The Kier molecular flexibility index (Phi) is 9.21. The lowest BCUT2D eigenvalue weighted by atomic mass is 9.93. The van der Waals surface area contributed by atoms with Crippen molar-refractivity contribution in [3.63, 3.8) is 0 Å². The molecule has 244 valence electrons. The van der Waals surface area contributed by atoms with Crippen LogP contribution >= 0.6 is 0 Å². The molecule has 0 bridgehead atoms. The SMILES string of the molecule is CC(C)(C)OC(=O)NS(=O)(=O)c1cnc2cc(N3CCOCC3)nc(O[C@H]3CC[C@@H](Nc4ncc(C(F)(F)F)cn4)CC3)c2c1. The second-order valence-corrected chi connectivity index (χ2v) is 13.4. The van der Waals surface area contributed by atoms with Crippen LogP contribution in [0.25, 0.3) is 10.9 Å². The Morgan fingerprint density at radius 1 is 1.00 bits per heavy atom. The largest absolute Gasteiger partial charge is 0.474 e. The fourth-order valence-electron chi connectivity index (χ4n) is 4.93. The molecule has 17 heteroatoms. The van der Waals surface area contributed by atoms with Gasteiger partial charge in [0.25, 0.3) is 10.0 Å². The Bertz CT molecular complexity index is 1620. The van der Waals surface area contributed by atoms with Crippen molar-refractivity contribution >= 4 is 38.8 Å². The average molecular weight is 654 g/mol. The standard InChI is InChI=1S/C28H34F3N7O6S/c1-27(2,3)44-26(39)37-45(40,41)20-12-21-22(32-16-20)13-23(38-8-10-42-11-9-38)36-24(21)43-19-6-4-18(5-7-19)35-25-33-14-17(15-34-25)28(29,30)31/h12-16,18-19H,4-11H2,1-3H3,(H,37,39)(H,33,34,35)/t18-,19+. The van der Waals surface area contributed by atoms with Crippen LogP contribution in [0.2, 0.25) is 0 Å². The molecule has 0 radical (unpaired) electrons. The number of amides is 1. The fraction of sp³-hybridized carbons (Fsp3) is 0.536. The monoisotopic (exact) mass is 653 g/mol. The van der Waals surface area contributed by atoms with E-state index in [1.807, 2.05) is 9.62 Å². The Balaban J connectivity index is 1.34. The van der Waals surface area contributed by atoms with Crippen LogP contribution < -0.4 is 19.7 Å². The Morgan fingerprint density at radius 3 is 2.29 bits per heavy atom. The molecule has 45 heavy (non-hydrogen) atoms. The third-order valence-electron chi connectivity index (χ3n) is 7.13. The van der Waals surface area contributed by atoms with Crippen molar-refractivity contribution in [3.8, 4) is 5.88 Å². The molecule has 13 nitrogen and oxygen atoms in total. The summed E-state index contributed by atoms with van der Waals surface area (Å²) in [6.07, 6.45) is -0.880. The molecule has 2 N–H and O–H groups in total. The van der Waals surface area contributed by atoms with E-state index in [0.29, 0.717) is 68.7 Å². The van der Waals surface area contributed by atoms with E-state index in [9.17, 15) is 26.4 Å². The number of carbonyl (C=O) groups is 1. The van der Waals surface area contributed by atoms with E-state index in [4.69, 9.17) is 19.2 Å². The number of nitrogens with one attached hydrogen (secondary N) is 2. The van der Waals surface area contributed by atoms with Gasteiger partial charge in [0.15, 0.2) is 0 Å². The number of fused-ring (bicyclic) bond motifs is 1. The maximum absolute atomic E-state index is 13.0. The fourth-order valence-corrected chi connectivity index (χ4v) is 5.78. The number of carbonyl (C=O) groups excluding carboxylic acids is 1. The van der Waals surface area contributed by atoms with Gasteiger partial charge in [-0.1, -0.05) is 0 Å². The zero-order valence-corrected chi connectivity index (χ0v) is 25.7. The normalized spacial score (nSPS) is 19.6. The third-order valence-corrected chi connectivity index (χ3v) is 8.41. The van der Waals surface area contributed by atoms with Crippen molar-refractivity contribution in [3.05, 3.63) is 36.3 Å². The van der Waals surface area contributed by atoms with Gasteiger partial charge in [0.2, 0.25) is 11.8 Å². The highest BCUT2D eigenvalue weighted by atomic mass is 32.2. The Morgan fingerprint density at radius 2 is 1.67 bits per heavy atom. The molecule has 2 fully saturated rings. The molecule has 0 aromatic carbocycles. The summed E-state index contributed by atoms with van der Waals surface area (Å²) >= 11 is 0. The predicted molar refractivity (Wildman–Crippen MR) is 156 cm³/mol. The summed E-state index contributed by atoms with van der Waals surface area (Å²) in [6, 6.07) is 3.02. The minimum atomic E-state index is -4.51. The number of rotatable bonds is 7. The van der Waals surface area contributed by atoms with Crippen LogP contribution in [0.4, 0.5) is 29.7 Å². The van der Waals surface area contributed by atoms with Crippen molar-refractivity contribution in [2.75, 3.05) is 36.5 Å². The molecule has 3 aromatic heterocycles. The molecule has 1 aliphatic heterocycles. The van der Waals surface area contributed by atoms with Gasteiger partial charge in [-0.2, -0.15) is 18.2 Å². The lowest BCUT2D eigenvalue weighted by Crippen LogP contribution is -2.37. The summed E-state index contributed by atoms with van der Waals surface area (Å²) in [6.45, 7) is 7.10. The Hall–Kier alpha value is -3.99. The van der Waals surface area contributed by atoms with Gasteiger partial charge in [-0.3, -0.25) is 4.98 Å². The first-order chi connectivity index (χ1) is 21.2. The van der Waals surface area contributed by atoms with Crippen LogP contribution in [0.15, 0.2) is 35.6 Å². The highest BCUT2D eigenvalue weighted by Gasteiger charge is 2.32. The zero-order chi connectivity index (χ0) is 32.4. The summed E-state index contributed by atoms with van der Waals surface area (Å²) < 4.78 is 83.4. The number of anilines is 2. The zero-order valence-electron chi connectivity index (χ0n) is 24.9. The molecule has 1 saturated carbocycles. The maximum Gasteiger partial charge on any atom is 0.421 e. The quantitative estimate of drug-likeness (QED) is 0.373. The minimum Gasteiger partial charge on any atom is -0.474 e. The first kappa shape index (κ1) is 32.4. The smallest absolute Gasteiger partial charge is 0.421 e. The Labute approximate surface area is 257 Å². The van der Waals surface area contributed by atoms with Gasteiger partial charge in [-0.05, 0) is 52.5 Å². The summed E-state index contributed by atoms with van der Waals surface area (Å²) in [5, 5.41) is 3.42. The topological polar surface area (TPSA) is 158 Å². The lowest BCUT2D eigenvalue weighted by Gasteiger charge is -2.31. The molecule has 1 aliphatic carbocycles. The van der Waals surface area contributed by atoms with Crippen molar-refractivity contribution in [1.29, 1.82) is 0 Å². The molecule has 0 unspecified atom stereocenters. The number of hydrogen-bond donors (Lipinski definition) is 2. The second kappa shape index (κ2) is 12.8. The number of nitrogens with zero attached hydrogens (tertiary/aromatic N) is 5. The van der Waals surface area contributed by atoms with E-state index in [1.54, 1.807) is 26.8 Å². The molecular weight excluding hydrogens is 619 g/mol. The number of morpholine rings is 1. The molecule has 1 saturated heterocycles. The number of alkyl halides is 3. The van der Waals surface area contributed by atoms with Crippen molar-refractivity contribution in [1.82, 2.24) is 24.7 Å². The number of ether oxygens (including phenoxy) is 3. The predicted octanol–water partition coefficient (Wildman–Crippen LogP) is 4.29. The van der Waals surface area contributed by atoms with Gasteiger partial charge in [-0.25, -0.2) is 27.9 Å². The minimum absolute atomic E-state index is 0.0803. The molecule has 0 atom stereocenters. The van der Waals surface area contributed by atoms with Crippen LogP contribution in [0.1, 0.15) is 52.0 Å². The van der Waals surface area contributed by atoms with Gasteiger partial charge in [0, 0.05) is 43.8 Å². The van der Waals surface area contributed by atoms with Crippen molar-refractivity contribution in [2.24, 2.45) is 0 Å². The van der Waals surface area contributed by atoms with E-state index in [-0.39, 0.29) is 28.9 Å². The molecule has 5 rings (SSSR count). The number of hydrogen-bond acceptors (Lipinski definition) is 12. The van der Waals surface area contributed by atoms with E-state index >= 15 is 0 Å². The molecule has 4 heterocycles. The molecule has 2 aliphatic rings. The number of halogens is 3. The van der Waals surface area contributed by atoms with Crippen LogP contribution in [0.5, 0.6) is 5.88 Å². The van der Waals surface area contributed by atoms with Crippen molar-refractivity contribution in [2.45, 2.75) is 75.3 Å². The van der Waals surface area contributed by atoms with Gasteiger partial charge >= 0.3 is 12.3 Å². The highest BCUT2D eigenvalue weighted by Crippen LogP contribution is 2.33. The molecule has 1 amide bonds. The van der Waals surface area contributed by atoms with E-state index in [0.717, 1.165) is 18.6 Å². The second-order valence-electron chi connectivity index (χ2n) is 11.8. The van der Waals surface area contributed by atoms with E-state index in [2.05, 4.69) is 20.3 Å². The summed E-state index contributed by atoms with van der Waals surface area (Å²) in [7, 11) is -4.33. The van der Waals surface area contributed by atoms with Gasteiger partial charge < -0.3 is 24.4 Å². The highest BCUT2D eigenvalue weighted by molar-refractivity contribution is 7.90. The number of aromatic nitrogens is 4. The lowest BCUT2D eigenvalue weighted by molar-refractivity contribution is -0.138. The van der Waals surface area contributed by atoms with Crippen LogP contribution in [-0.4, -0.2) is 78.5 Å². The molecule has 0 spiro atoms. The molecular formula is C28H34F3N7O6S. The molecule has 3 aromatic rings.